The summed E-state index contributed by atoms with van der Waals surface area (Å²) in [5, 5.41) is 11.1. The average molecular weight is 276 g/mol. The molecule has 2 rings (SSSR count). The van der Waals surface area contributed by atoms with Gasteiger partial charge in [-0.2, -0.15) is 0 Å². The van der Waals surface area contributed by atoms with E-state index in [-0.39, 0.29) is 0 Å². The molecule has 0 aliphatic carbocycles. The number of hydrogen-bond donors (Lipinski definition) is 1. The molecule has 1 aromatic rings. The Labute approximate surface area is 111 Å². The average Bonchev–Trinajstić information content (AvgIpc) is 2.34. The van der Waals surface area contributed by atoms with Gasteiger partial charge in [0.25, 0.3) is 0 Å². The van der Waals surface area contributed by atoms with Crippen molar-refractivity contribution in [2.45, 2.75) is 18.4 Å². The molecule has 1 heterocycles. The van der Waals surface area contributed by atoms with E-state index >= 15 is 0 Å². The van der Waals surface area contributed by atoms with Gasteiger partial charge in [-0.1, -0.05) is 17.7 Å². The molecule has 1 fully saturated rings. The topological polar surface area (TPSA) is 32.7 Å². The number of benzene rings is 1. The largest absolute Gasteiger partial charge is 0.495 e. The Balaban J connectivity index is 2.27. The van der Waals surface area contributed by atoms with Crippen LogP contribution in [0, 0.1) is 0 Å². The molecule has 1 saturated heterocycles. The van der Waals surface area contributed by atoms with Crippen LogP contribution in [-0.2, 0) is 5.60 Å². The Kier molecular flexibility index (Phi) is 3.83. The van der Waals surface area contributed by atoms with Gasteiger partial charge in [-0.3, -0.25) is 0 Å². The van der Waals surface area contributed by atoms with Crippen LogP contribution in [0.5, 0.6) is 5.75 Å². The molecule has 5 heteroatoms. The van der Waals surface area contributed by atoms with Crippen LogP contribution < -0.4 is 4.74 Å². The minimum Gasteiger partial charge on any atom is -0.495 e. The van der Waals surface area contributed by atoms with Crippen molar-refractivity contribution in [3.8, 4) is 5.75 Å². The number of halogens is 2. The van der Waals surface area contributed by atoms with Crippen LogP contribution in [0.2, 0.25) is 5.02 Å². The summed E-state index contributed by atoms with van der Waals surface area (Å²) in [6.07, 6.45) is 1.22. The number of rotatable bonds is 2. The van der Waals surface area contributed by atoms with Gasteiger partial charge < -0.3 is 9.84 Å². The van der Waals surface area contributed by atoms with E-state index in [4.69, 9.17) is 28.1 Å². The molecule has 0 spiro atoms. The summed E-state index contributed by atoms with van der Waals surface area (Å²) in [6.45, 7) is 1.34. The lowest BCUT2D eigenvalue weighted by molar-refractivity contribution is -0.00957. The molecule has 1 aromatic carbocycles. The first-order valence-electron chi connectivity index (χ1n) is 5.52. The molecule has 3 nitrogen and oxygen atoms in total. The summed E-state index contributed by atoms with van der Waals surface area (Å²) >= 11 is 11.9. The summed E-state index contributed by atoms with van der Waals surface area (Å²) in [6, 6.07) is 5.39. The Morgan fingerprint density at radius 3 is 2.59 bits per heavy atom. The molecule has 0 bridgehead atoms. The van der Waals surface area contributed by atoms with Crippen molar-refractivity contribution in [1.29, 1.82) is 0 Å². The third kappa shape index (κ3) is 2.68. The maximum atomic E-state index is 10.6. The van der Waals surface area contributed by atoms with Gasteiger partial charge in [0.1, 0.15) is 5.75 Å². The Morgan fingerprint density at radius 2 is 2.00 bits per heavy atom. The molecule has 17 heavy (non-hydrogen) atoms. The molecular weight excluding hydrogens is 261 g/mol. The van der Waals surface area contributed by atoms with Crippen LogP contribution in [0.3, 0.4) is 0 Å². The number of methoxy groups -OCH3 is 1. The summed E-state index contributed by atoms with van der Waals surface area (Å²) in [7, 11) is 1.57. The van der Waals surface area contributed by atoms with Crippen LogP contribution in [0.1, 0.15) is 18.4 Å². The molecule has 0 aromatic heterocycles. The van der Waals surface area contributed by atoms with Crippen molar-refractivity contribution in [1.82, 2.24) is 4.42 Å². The number of aliphatic hydroxyl groups is 1. The third-order valence-corrected chi connectivity index (χ3v) is 3.87. The highest BCUT2D eigenvalue weighted by molar-refractivity contribution is 6.32. The lowest BCUT2D eigenvalue weighted by Crippen LogP contribution is -2.38. The van der Waals surface area contributed by atoms with E-state index in [1.54, 1.807) is 23.7 Å². The molecule has 0 unspecified atom stereocenters. The van der Waals surface area contributed by atoms with Gasteiger partial charge in [-0.25, -0.2) is 4.42 Å². The van der Waals surface area contributed by atoms with Gasteiger partial charge >= 0.3 is 0 Å². The van der Waals surface area contributed by atoms with Crippen LogP contribution in [-0.4, -0.2) is 29.7 Å². The lowest BCUT2D eigenvalue weighted by Gasteiger charge is -2.35. The Morgan fingerprint density at radius 1 is 1.35 bits per heavy atom. The molecular formula is C12H15Cl2NO2. The number of piperidine rings is 1. The zero-order valence-corrected chi connectivity index (χ0v) is 11.1. The third-order valence-electron chi connectivity index (χ3n) is 3.22. The zero-order valence-electron chi connectivity index (χ0n) is 9.62. The molecule has 0 radical (unpaired) electrons. The van der Waals surface area contributed by atoms with Gasteiger partial charge in [0, 0.05) is 13.1 Å². The van der Waals surface area contributed by atoms with E-state index in [9.17, 15) is 5.11 Å². The van der Waals surface area contributed by atoms with Crippen LogP contribution in [0.25, 0.3) is 0 Å². The van der Waals surface area contributed by atoms with Crippen molar-refractivity contribution < 1.29 is 9.84 Å². The fraction of sp³-hybridized carbons (Fsp3) is 0.500. The lowest BCUT2D eigenvalue weighted by atomic mass is 9.85. The molecule has 0 amide bonds. The summed E-state index contributed by atoms with van der Waals surface area (Å²) in [5.41, 5.74) is 0.00649. The minimum atomic E-state index is -0.830. The van der Waals surface area contributed by atoms with E-state index in [1.807, 2.05) is 6.07 Å². The Bertz CT molecular complexity index is 403. The standard InChI is InChI=1S/C12H15Cl2NO2/c1-17-11-8-9(2-3-10(11)13)12(16)4-6-15(14)7-5-12/h2-3,8,16H,4-7H2,1H3. The van der Waals surface area contributed by atoms with Gasteiger partial charge in [0.2, 0.25) is 0 Å². The normalized spacial score (nSPS) is 20.2. The molecule has 0 saturated carbocycles. The fourth-order valence-electron chi connectivity index (χ4n) is 2.09. The van der Waals surface area contributed by atoms with Gasteiger partial charge in [0.15, 0.2) is 0 Å². The SMILES string of the molecule is COc1cc(C2(O)CCN(Cl)CC2)ccc1Cl. The smallest absolute Gasteiger partial charge is 0.137 e. The van der Waals surface area contributed by atoms with Crippen molar-refractivity contribution >= 4 is 23.4 Å². The molecule has 0 atom stereocenters. The zero-order chi connectivity index (χ0) is 12.5. The minimum absolute atomic E-state index is 0.551. The fourth-order valence-corrected chi connectivity index (χ4v) is 2.45. The first kappa shape index (κ1) is 13.0. The van der Waals surface area contributed by atoms with E-state index < -0.39 is 5.60 Å². The first-order valence-corrected chi connectivity index (χ1v) is 6.24. The quantitative estimate of drug-likeness (QED) is 0.843. The second kappa shape index (κ2) is 5.02. The number of nitrogens with zero attached hydrogens (tertiary/aromatic N) is 1. The van der Waals surface area contributed by atoms with Crippen molar-refractivity contribution in [3.05, 3.63) is 28.8 Å². The molecule has 1 aliphatic rings. The molecule has 1 aliphatic heterocycles. The molecule has 1 N–H and O–H groups in total. The van der Waals surface area contributed by atoms with Gasteiger partial charge in [-0.15, -0.1) is 0 Å². The van der Waals surface area contributed by atoms with Crippen molar-refractivity contribution in [3.63, 3.8) is 0 Å². The first-order chi connectivity index (χ1) is 8.05. The summed E-state index contributed by atoms with van der Waals surface area (Å²) in [4.78, 5) is 0. The van der Waals surface area contributed by atoms with Crippen LogP contribution in [0.4, 0.5) is 0 Å². The van der Waals surface area contributed by atoms with Crippen molar-refractivity contribution in [2.24, 2.45) is 0 Å². The van der Waals surface area contributed by atoms with E-state index in [1.165, 1.54) is 0 Å². The predicted molar refractivity (Wildman–Crippen MR) is 68.6 cm³/mol. The van der Waals surface area contributed by atoms with Crippen molar-refractivity contribution in [2.75, 3.05) is 20.2 Å². The van der Waals surface area contributed by atoms with E-state index in [0.717, 1.165) is 5.56 Å². The second-order valence-corrected chi connectivity index (χ2v) is 5.18. The van der Waals surface area contributed by atoms with Gasteiger partial charge in [0.05, 0.1) is 17.7 Å². The maximum absolute atomic E-state index is 10.6. The van der Waals surface area contributed by atoms with Gasteiger partial charge in [-0.05, 0) is 42.3 Å². The molecule has 94 valence electrons. The summed E-state index contributed by atoms with van der Waals surface area (Å²) < 4.78 is 6.86. The van der Waals surface area contributed by atoms with Crippen LogP contribution in [0.15, 0.2) is 18.2 Å². The second-order valence-electron chi connectivity index (χ2n) is 4.29. The van der Waals surface area contributed by atoms with E-state index in [0.29, 0.717) is 36.7 Å². The van der Waals surface area contributed by atoms with E-state index in [2.05, 4.69) is 0 Å². The van der Waals surface area contributed by atoms with Crippen LogP contribution >= 0.6 is 23.4 Å². The monoisotopic (exact) mass is 275 g/mol. The maximum Gasteiger partial charge on any atom is 0.137 e. The predicted octanol–water partition coefficient (Wildman–Crippen LogP) is 2.79. The number of ether oxygens (including phenoxy) is 1. The highest BCUT2D eigenvalue weighted by Crippen LogP contribution is 2.36. The highest BCUT2D eigenvalue weighted by atomic mass is 35.5. The Hall–Kier alpha value is -0.480. The summed E-state index contributed by atoms with van der Waals surface area (Å²) in [5.74, 6) is 0.589. The highest BCUT2D eigenvalue weighted by Gasteiger charge is 2.34. The number of hydrogen-bond acceptors (Lipinski definition) is 3.